The zero-order valence-corrected chi connectivity index (χ0v) is 6.38. The molecule has 0 aliphatic carbocycles. The standard InChI is InChI=1S/C7H5NO2S/c9-5-6(11-7(5)10)8-3-1-2-4-8/h1-4,6H. The molecule has 0 N–H and O–H groups in total. The van der Waals surface area contributed by atoms with Crippen molar-refractivity contribution in [3.8, 4) is 0 Å². The highest BCUT2D eigenvalue weighted by Crippen LogP contribution is 2.35. The second-order valence-corrected chi connectivity index (χ2v) is 3.31. The van der Waals surface area contributed by atoms with Gasteiger partial charge in [0.25, 0.3) is 5.12 Å². The van der Waals surface area contributed by atoms with Crippen LogP contribution in [0.1, 0.15) is 5.37 Å². The van der Waals surface area contributed by atoms with Gasteiger partial charge in [0.15, 0.2) is 5.37 Å². The number of ketones is 1. The van der Waals surface area contributed by atoms with Crippen LogP contribution >= 0.6 is 11.8 Å². The topological polar surface area (TPSA) is 39.1 Å². The van der Waals surface area contributed by atoms with Gasteiger partial charge in [0.1, 0.15) is 0 Å². The first kappa shape index (κ1) is 6.67. The maximum absolute atomic E-state index is 10.9. The van der Waals surface area contributed by atoms with Gasteiger partial charge in [-0.3, -0.25) is 9.59 Å². The summed E-state index contributed by atoms with van der Waals surface area (Å²) < 4.78 is 1.73. The summed E-state index contributed by atoms with van der Waals surface area (Å²) in [5.41, 5.74) is 0. The Labute approximate surface area is 67.4 Å². The molecule has 2 rings (SSSR count). The van der Waals surface area contributed by atoms with E-state index in [2.05, 4.69) is 0 Å². The molecule has 1 aliphatic rings. The molecule has 3 nitrogen and oxygen atoms in total. The lowest BCUT2D eigenvalue weighted by molar-refractivity contribution is -0.134. The summed E-state index contributed by atoms with van der Waals surface area (Å²) in [4.78, 5) is 21.4. The SMILES string of the molecule is O=C1SC(n2cccc2)C1=O. The van der Waals surface area contributed by atoms with Crippen molar-refractivity contribution < 1.29 is 9.59 Å². The summed E-state index contributed by atoms with van der Waals surface area (Å²) in [5, 5.41) is -0.624. The molecule has 1 unspecified atom stereocenters. The number of hydrogen-bond acceptors (Lipinski definition) is 3. The van der Waals surface area contributed by atoms with Crippen molar-refractivity contribution in [2.45, 2.75) is 5.37 Å². The summed E-state index contributed by atoms with van der Waals surface area (Å²) in [6, 6.07) is 3.66. The molecular weight excluding hydrogens is 162 g/mol. The number of nitrogens with zero attached hydrogens (tertiary/aromatic N) is 1. The van der Waals surface area contributed by atoms with Crippen molar-refractivity contribution in [3.05, 3.63) is 24.5 Å². The molecule has 1 atom stereocenters. The van der Waals surface area contributed by atoms with Gasteiger partial charge in [0, 0.05) is 12.4 Å². The molecule has 0 radical (unpaired) electrons. The van der Waals surface area contributed by atoms with Crippen molar-refractivity contribution in [1.82, 2.24) is 4.57 Å². The Kier molecular flexibility index (Phi) is 1.35. The fourth-order valence-electron chi connectivity index (χ4n) is 0.956. The minimum absolute atomic E-state index is 0.294. The van der Waals surface area contributed by atoms with E-state index in [1.165, 1.54) is 0 Å². The van der Waals surface area contributed by atoms with Crippen LogP contribution in [0.3, 0.4) is 0 Å². The van der Waals surface area contributed by atoms with Gasteiger partial charge in [-0.1, -0.05) is 0 Å². The lowest BCUT2D eigenvalue weighted by Crippen LogP contribution is -2.32. The highest BCUT2D eigenvalue weighted by molar-refractivity contribution is 8.19. The molecule has 0 bridgehead atoms. The number of carbonyl (C=O) groups excluding carboxylic acids is 2. The maximum atomic E-state index is 10.9. The van der Waals surface area contributed by atoms with Crippen LogP contribution in [0.4, 0.5) is 0 Å². The Morgan fingerprint density at radius 2 is 1.91 bits per heavy atom. The van der Waals surface area contributed by atoms with E-state index in [1.807, 2.05) is 12.1 Å². The van der Waals surface area contributed by atoms with E-state index < -0.39 is 0 Å². The molecule has 1 saturated heterocycles. The third kappa shape index (κ3) is 0.903. The predicted octanol–water partition coefficient (Wildman–Crippen LogP) is 0.829. The number of Topliss-reactive ketones (excluding diaryl/α,β-unsaturated/α-hetero) is 1. The minimum Gasteiger partial charge on any atom is -0.334 e. The van der Waals surface area contributed by atoms with Crippen LogP contribution in [0.25, 0.3) is 0 Å². The number of hydrogen-bond donors (Lipinski definition) is 0. The molecule has 2 heterocycles. The highest BCUT2D eigenvalue weighted by atomic mass is 32.2. The molecule has 0 aromatic carbocycles. The largest absolute Gasteiger partial charge is 0.334 e. The summed E-state index contributed by atoms with van der Waals surface area (Å²) >= 11 is 1.07. The molecule has 0 spiro atoms. The average molecular weight is 167 g/mol. The third-order valence-electron chi connectivity index (χ3n) is 1.54. The minimum atomic E-state index is -0.330. The number of rotatable bonds is 1. The second-order valence-electron chi connectivity index (χ2n) is 2.25. The second kappa shape index (κ2) is 2.23. The molecule has 0 amide bonds. The van der Waals surface area contributed by atoms with Crippen molar-refractivity contribution in [1.29, 1.82) is 0 Å². The quantitative estimate of drug-likeness (QED) is 0.581. The van der Waals surface area contributed by atoms with Gasteiger partial charge >= 0.3 is 0 Å². The first-order valence-electron chi connectivity index (χ1n) is 3.16. The lowest BCUT2D eigenvalue weighted by Gasteiger charge is -2.22. The van der Waals surface area contributed by atoms with E-state index in [4.69, 9.17) is 0 Å². The summed E-state index contributed by atoms with van der Waals surface area (Å²) in [5.74, 6) is -0.300. The highest BCUT2D eigenvalue weighted by Gasteiger charge is 2.39. The Morgan fingerprint density at radius 3 is 2.36 bits per heavy atom. The van der Waals surface area contributed by atoms with Gasteiger partial charge < -0.3 is 4.57 Å². The van der Waals surface area contributed by atoms with E-state index in [0.29, 0.717) is 0 Å². The first-order valence-corrected chi connectivity index (χ1v) is 4.04. The van der Waals surface area contributed by atoms with Crippen LogP contribution in [-0.2, 0) is 9.59 Å². The van der Waals surface area contributed by atoms with E-state index in [9.17, 15) is 9.59 Å². The van der Waals surface area contributed by atoms with Crippen LogP contribution < -0.4 is 0 Å². The number of aromatic nitrogens is 1. The van der Waals surface area contributed by atoms with Crippen LogP contribution in [-0.4, -0.2) is 15.5 Å². The van der Waals surface area contributed by atoms with Gasteiger partial charge in [0.2, 0.25) is 5.78 Å². The van der Waals surface area contributed by atoms with E-state index in [0.717, 1.165) is 11.8 Å². The van der Waals surface area contributed by atoms with Crippen molar-refractivity contribution in [3.63, 3.8) is 0 Å². The monoisotopic (exact) mass is 167 g/mol. The number of thioether (sulfide) groups is 1. The van der Waals surface area contributed by atoms with Crippen molar-refractivity contribution >= 4 is 22.7 Å². The molecule has 56 valence electrons. The van der Waals surface area contributed by atoms with Gasteiger partial charge in [-0.2, -0.15) is 0 Å². The average Bonchev–Trinajstić information content (AvgIpc) is 2.51. The Balaban J connectivity index is 2.22. The van der Waals surface area contributed by atoms with Gasteiger partial charge in [-0.25, -0.2) is 0 Å². The fourth-order valence-corrected chi connectivity index (χ4v) is 1.68. The van der Waals surface area contributed by atoms with E-state index in [1.54, 1.807) is 17.0 Å². The van der Waals surface area contributed by atoms with Gasteiger partial charge in [0.05, 0.1) is 0 Å². The molecule has 4 heteroatoms. The van der Waals surface area contributed by atoms with Crippen molar-refractivity contribution in [2.24, 2.45) is 0 Å². The van der Waals surface area contributed by atoms with E-state index in [-0.39, 0.29) is 16.3 Å². The summed E-state index contributed by atoms with van der Waals surface area (Å²) in [7, 11) is 0. The van der Waals surface area contributed by atoms with Gasteiger partial charge in [-0.05, 0) is 23.9 Å². The molecule has 0 saturated carbocycles. The third-order valence-corrected chi connectivity index (χ3v) is 2.64. The van der Waals surface area contributed by atoms with Crippen LogP contribution in [0.15, 0.2) is 24.5 Å². The summed E-state index contributed by atoms with van der Waals surface area (Å²) in [6.45, 7) is 0. The zero-order valence-electron chi connectivity index (χ0n) is 5.56. The van der Waals surface area contributed by atoms with Crippen LogP contribution in [0, 0.1) is 0 Å². The Morgan fingerprint density at radius 1 is 1.27 bits per heavy atom. The molecule has 1 fully saturated rings. The zero-order chi connectivity index (χ0) is 7.84. The smallest absolute Gasteiger partial charge is 0.260 e. The molecule has 1 aromatic rings. The van der Waals surface area contributed by atoms with Crippen LogP contribution in [0.2, 0.25) is 0 Å². The fraction of sp³-hybridized carbons (Fsp3) is 0.143. The molecular formula is C7H5NO2S. The maximum Gasteiger partial charge on any atom is 0.260 e. The lowest BCUT2D eigenvalue weighted by atomic mass is 10.4. The van der Waals surface area contributed by atoms with Crippen LogP contribution in [0.5, 0.6) is 0 Å². The Hall–Kier alpha value is -1.03. The first-order chi connectivity index (χ1) is 5.29. The number of carbonyl (C=O) groups is 2. The molecule has 11 heavy (non-hydrogen) atoms. The van der Waals surface area contributed by atoms with Crippen molar-refractivity contribution in [2.75, 3.05) is 0 Å². The predicted molar refractivity (Wildman–Crippen MR) is 41.1 cm³/mol. The Bertz CT molecular complexity index is 304. The van der Waals surface area contributed by atoms with E-state index >= 15 is 0 Å². The normalized spacial score (nSPS) is 23.5. The molecule has 1 aromatic heterocycles. The van der Waals surface area contributed by atoms with Gasteiger partial charge in [-0.15, -0.1) is 0 Å². The summed E-state index contributed by atoms with van der Waals surface area (Å²) in [6.07, 6.45) is 3.56. The molecule has 1 aliphatic heterocycles.